The summed E-state index contributed by atoms with van der Waals surface area (Å²) in [4.78, 5) is 4.39. The zero-order valence-corrected chi connectivity index (χ0v) is 12.4. The number of nitrogens with one attached hydrogen (secondary N) is 1. The second kappa shape index (κ2) is 5.61. The van der Waals surface area contributed by atoms with E-state index in [0.717, 1.165) is 15.9 Å². The predicted molar refractivity (Wildman–Crippen MR) is 80.6 cm³/mol. The van der Waals surface area contributed by atoms with Crippen LogP contribution in [0.5, 0.6) is 0 Å². The summed E-state index contributed by atoms with van der Waals surface area (Å²) in [5.74, 6) is 0.753. The Labute approximate surface area is 122 Å². The highest BCUT2D eigenvalue weighted by atomic mass is 35.5. The largest absolute Gasteiger partial charge is 0.301 e. The molecule has 0 radical (unpaired) electrons. The molecule has 19 heavy (non-hydrogen) atoms. The number of hydrogen-bond donors (Lipinski definition) is 1. The summed E-state index contributed by atoms with van der Waals surface area (Å²) in [6.07, 6.45) is 4.49. The average molecular weight is 293 g/mol. The third-order valence-corrected chi connectivity index (χ3v) is 4.78. The molecule has 1 aliphatic carbocycles. The normalized spacial score (nSPS) is 18.2. The Morgan fingerprint density at radius 1 is 1.32 bits per heavy atom. The molecule has 1 fully saturated rings. The lowest BCUT2D eigenvalue weighted by molar-refractivity contribution is 0.426. The van der Waals surface area contributed by atoms with Gasteiger partial charge in [0, 0.05) is 22.6 Å². The molecule has 1 N–H and O–H groups in total. The van der Waals surface area contributed by atoms with E-state index in [1.54, 1.807) is 11.3 Å². The maximum Gasteiger partial charge on any atom is 0.109 e. The van der Waals surface area contributed by atoms with Gasteiger partial charge in [-0.05, 0) is 43.4 Å². The van der Waals surface area contributed by atoms with E-state index in [-0.39, 0.29) is 0 Å². The minimum atomic E-state index is 0.293. The Balaban J connectivity index is 1.76. The maximum absolute atomic E-state index is 5.97. The Bertz CT molecular complexity index is 520. The molecule has 1 aromatic heterocycles. The number of hydrogen-bond acceptors (Lipinski definition) is 3. The molecule has 4 heteroatoms. The van der Waals surface area contributed by atoms with Crippen LogP contribution in [0.3, 0.4) is 0 Å². The van der Waals surface area contributed by atoms with Crippen LogP contribution in [0.25, 0.3) is 0 Å². The SMILES string of the molecule is CC(NC(c1ccc(Cl)cc1)C1CC1)c1nccs1. The fourth-order valence-electron chi connectivity index (χ4n) is 2.39. The van der Waals surface area contributed by atoms with Crippen molar-refractivity contribution in [2.24, 2.45) is 5.92 Å². The van der Waals surface area contributed by atoms with Crippen LogP contribution in [-0.2, 0) is 0 Å². The molecule has 100 valence electrons. The Morgan fingerprint density at radius 3 is 2.63 bits per heavy atom. The first-order chi connectivity index (χ1) is 9.24. The molecule has 0 aliphatic heterocycles. The third-order valence-electron chi connectivity index (χ3n) is 3.57. The first kappa shape index (κ1) is 13.1. The average Bonchev–Trinajstić information content (AvgIpc) is 3.10. The van der Waals surface area contributed by atoms with Gasteiger partial charge in [-0.1, -0.05) is 23.7 Å². The van der Waals surface area contributed by atoms with E-state index in [0.29, 0.717) is 12.1 Å². The molecule has 0 saturated heterocycles. The maximum atomic E-state index is 5.97. The molecule has 3 rings (SSSR count). The fraction of sp³-hybridized carbons (Fsp3) is 0.400. The van der Waals surface area contributed by atoms with Gasteiger partial charge in [0.05, 0.1) is 6.04 Å². The van der Waals surface area contributed by atoms with Crippen LogP contribution in [0.15, 0.2) is 35.8 Å². The summed E-state index contributed by atoms with van der Waals surface area (Å²) in [5, 5.41) is 7.70. The van der Waals surface area contributed by atoms with Crippen LogP contribution < -0.4 is 5.32 Å². The molecule has 2 nitrogen and oxygen atoms in total. The van der Waals surface area contributed by atoms with Crippen LogP contribution in [0.2, 0.25) is 5.02 Å². The number of thiazole rings is 1. The Morgan fingerprint density at radius 2 is 2.05 bits per heavy atom. The van der Waals surface area contributed by atoms with Crippen molar-refractivity contribution in [2.45, 2.75) is 31.8 Å². The molecule has 2 atom stereocenters. The van der Waals surface area contributed by atoms with Crippen molar-refractivity contribution >= 4 is 22.9 Å². The van der Waals surface area contributed by atoms with Gasteiger partial charge in [0.25, 0.3) is 0 Å². The van der Waals surface area contributed by atoms with Crippen LogP contribution >= 0.6 is 22.9 Å². The van der Waals surface area contributed by atoms with Crippen LogP contribution in [0.1, 0.15) is 42.4 Å². The minimum absolute atomic E-state index is 0.293. The lowest BCUT2D eigenvalue weighted by Crippen LogP contribution is -2.26. The molecular weight excluding hydrogens is 276 g/mol. The van der Waals surface area contributed by atoms with E-state index >= 15 is 0 Å². The van der Waals surface area contributed by atoms with Gasteiger partial charge in [0.2, 0.25) is 0 Å². The number of aromatic nitrogens is 1. The van der Waals surface area contributed by atoms with E-state index in [4.69, 9.17) is 11.6 Å². The van der Waals surface area contributed by atoms with Crippen molar-refractivity contribution in [2.75, 3.05) is 0 Å². The van der Waals surface area contributed by atoms with Crippen LogP contribution in [0, 0.1) is 5.92 Å². The molecule has 0 bridgehead atoms. The summed E-state index contributed by atoms with van der Waals surface area (Å²) in [6, 6.07) is 8.92. The summed E-state index contributed by atoms with van der Waals surface area (Å²) in [5.41, 5.74) is 1.33. The zero-order chi connectivity index (χ0) is 13.2. The minimum Gasteiger partial charge on any atom is -0.301 e. The van der Waals surface area contributed by atoms with E-state index in [1.807, 2.05) is 23.7 Å². The zero-order valence-electron chi connectivity index (χ0n) is 10.8. The Kier molecular flexibility index (Phi) is 3.87. The second-order valence-corrected chi connectivity index (χ2v) is 6.49. The summed E-state index contributed by atoms with van der Waals surface area (Å²) >= 11 is 7.68. The summed E-state index contributed by atoms with van der Waals surface area (Å²) in [6.45, 7) is 2.18. The number of rotatable bonds is 5. The Hall–Kier alpha value is -0.900. The standard InChI is InChI=1S/C15H17ClN2S/c1-10(15-17-8-9-19-15)18-14(11-2-3-11)12-4-6-13(16)7-5-12/h4-11,14,18H,2-3H2,1H3. The molecule has 1 aromatic carbocycles. The highest BCUT2D eigenvalue weighted by Gasteiger charge is 2.33. The second-order valence-electron chi connectivity index (χ2n) is 5.13. The van der Waals surface area contributed by atoms with E-state index in [9.17, 15) is 0 Å². The van der Waals surface area contributed by atoms with Crippen molar-refractivity contribution in [3.63, 3.8) is 0 Å². The lowest BCUT2D eigenvalue weighted by atomic mass is 10.0. The topological polar surface area (TPSA) is 24.9 Å². The summed E-state index contributed by atoms with van der Waals surface area (Å²) < 4.78 is 0. The van der Waals surface area contributed by atoms with E-state index in [1.165, 1.54) is 18.4 Å². The first-order valence-electron chi connectivity index (χ1n) is 6.65. The number of nitrogens with zero attached hydrogens (tertiary/aromatic N) is 1. The van der Waals surface area contributed by atoms with Gasteiger partial charge in [-0.15, -0.1) is 11.3 Å². The molecule has 1 aliphatic rings. The third kappa shape index (κ3) is 3.16. The molecular formula is C15H17ClN2S. The van der Waals surface area contributed by atoms with Gasteiger partial charge in [0.1, 0.15) is 5.01 Å². The van der Waals surface area contributed by atoms with Gasteiger partial charge in [-0.25, -0.2) is 4.98 Å². The first-order valence-corrected chi connectivity index (χ1v) is 7.90. The van der Waals surface area contributed by atoms with Gasteiger partial charge >= 0.3 is 0 Å². The number of halogens is 1. The quantitative estimate of drug-likeness (QED) is 0.871. The highest BCUT2D eigenvalue weighted by Crippen LogP contribution is 2.42. The van der Waals surface area contributed by atoms with E-state index in [2.05, 4.69) is 29.4 Å². The highest BCUT2D eigenvalue weighted by molar-refractivity contribution is 7.09. The van der Waals surface area contributed by atoms with Crippen LogP contribution in [-0.4, -0.2) is 4.98 Å². The lowest BCUT2D eigenvalue weighted by Gasteiger charge is -2.22. The van der Waals surface area contributed by atoms with Crippen molar-refractivity contribution in [3.05, 3.63) is 51.4 Å². The predicted octanol–water partition coefficient (Wildman–Crippen LogP) is 4.60. The van der Waals surface area contributed by atoms with Crippen molar-refractivity contribution in [3.8, 4) is 0 Å². The summed E-state index contributed by atoms with van der Waals surface area (Å²) in [7, 11) is 0. The van der Waals surface area contributed by atoms with Gasteiger partial charge in [0.15, 0.2) is 0 Å². The fourth-order valence-corrected chi connectivity index (χ4v) is 3.17. The van der Waals surface area contributed by atoms with Gasteiger partial charge < -0.3 is 5.32 Å². The van der Waals surface area contributed by atoms with Crippen molar-refractivity contribution in [1.29, 1.82) is 0 Å². The van der Waals surface area contributed by atoms with Crippen LogP contribution in [0.4, 0.5) is 0 Å². The number of benzene rings is 1. The van der Waals surface area contributed by atoms with Gasteiger partial charge in [-0.3, -0.25) is 0 Å². The molecule has 1 heterocycles. The van der Waals surface area contributed by atoms with Crippen molar-refractivity contribution < 1.29 is 0 Å². The molecule has 0 spiro atoms. The molecule has 1 saturated carbocycles. The molecule has 2 aromatic rings. The smallest absolute Gasteiger partial charge is 0.109 e. The monoisotopic (exact) mass is 292 g/mol. The molecule has 2 unspecified atom stereocenters. The van der Waals surface area contributed by atoms with E-state index < -0.39 is 0 Å². The van der Waals surface area contributed by atoms with Crippen molar-refractivity contribution in [1.82, 2.24) is 10.3 Å². The van der Waals surface area contributed by atoms with Gasteiger partial charge in [-0.2, -0.15) is 0 Å². The molecule has 0 amide bonds.